The maximum atomic E-state index is 11.4. The van der Waals surface area contributed by atoms with Gasteiger partial charge in [-0.1, -0.05) is 5.92 Å². The van der Waals surface area contributed by atoms with Gasteiger partial charge in [-0.2, -0.15) is 0 Å². The minimum atomic E-state index is -1.22. The van der Waals surface area contributed by atoms with E-state index < -0.39 is 23.3 Å². The molecule has 4 nitrogen and oxygen atoms in total. The fourth-order valence-electron chi connectivity index (χ4n) is 0.531. The van der Waals surface area contributed by atoms with Crippen LogP contribution < -0.4 is 11.1 Å². The Kier molecular flexibility index (Phi) is 3.49. The SMILES string of the molecule is C#CC(C)NC(=O)C(C)(C)C(N)=O. The average molecular weight is 182 g/mol. The van der Waals surface area contributed by atoms with Gasteiger partial charge in [-0.15, -0.1) is 6.42 Å². The molecular formula is C9H14N2O2. The molecule has 0 heterocycles. The van der Waals surface area contributed by atoms with Crippen molar-refractivity contribution >= 4 is 11.8 Å². The van der Waals surface area contributed by atoms with E-state index in [-0.39, 0.29) is 0 Å². The van der Waals surface area contributed by atoms with E-state index in [2.05, 4.69) is 11.2 Å². The van der Waals surface area contributed by atoms with E-state index in [4.69, 9.17) is 12.2 Å². The molecule has 0 fully saturated rings. The number of hydrogen-bond donors (Lipinski definition) is 2. The van der Waals surface area contributed by atoms with Crippen molar-refractivity contribution in [2.45, 2.75) is 26.8 Å². The molecule has 0 radical (unpaired) electrons. The average Bonchev–Trinajstić information content (AvgIpc) is 2.03. The third kappa shape index (κ3) is 2.79. The summed E-state index contributed by atoms with van der Waals surface area (Å²) < 4.78 is 0. The molecule has 0 aliphatic carbocycles. The highest BCUT2D eigenvalue weighted by molar-refractivity contribution is 6.03. The van der Waals surface area contributed by atoms with Crippen molar-refractivity contribution in [2.24, 2.45) is 11.1 Å². The third-order valence-corrected chi connectivity index (χ3v) is 1.78. The molecule has 72 valence electrons. The summed E-state index contributed by atoms with van der Waals surface area (Å²) >= 11 is 0. The van der Waals surface area contributed by atoms with Crippen LogP contribution in [0.15, 0.2) is 0 Å². The second-order valence-electron chi connectivity index (χ2n) is 3.35. The number of rotatable bonds is 3. The molecule has 0 aromatic heterocycles. The highest BCUT2D eigenvalue weighted by Crippen LogP contribution is 2.13. The van der Waals surface area contributed by atoms with Crippen molar-refractivity contribution in [3.8, 4) is 12.3 Å². The first kappa shape index (κ1) is 11.5. The first-order chi connectivity index (χ1) is 5.82. The second kappa shape index (κ2) is 3.94. The Labute approximate surface area is 77.9 Å². The Balaban J connectivity index is 4.45. The van der Waals surface area contributed by atoms with Gasteiger partial charge in [0.15, 0.2) is 0 Å². The molecular weight excluding hydrogens is 168 g/mol. The van der Waals surface area contributed by atoms with E-state index in [9.17, 15) is 9.59 Å². The summed E-state index contributed by atoms with van der Waals surface area (Å²) in [7, 11) is 0. The summed E-state index contributed by atoms with van der Waals surface area (Å²) in [5.41, 5.74) is 3.82. The van der Waals surface area contributed by atoms with Crippen molar-refractivity contribution in [3.63, 3.8) is 0 Å². The number of amides is 2. The Morgan fingerprint density at radius 3 is 2.31 bits per heavy atom. The van der Waals surface area contributed by atoms with Gasteiger partial charge in [0, 0.05) is 0 Å². The number of carbonyl (C=O) groups is 2. The first-order valence-electron chi connectivity index (χ1n) is 3.89. The topological polar surface area (TPSA) is 72.2 Å². The zero-order chi connectivity index (χ0) is 10.6. The highest BCUT2D eigenvalue weighted by atomic mass is 16.2. The summed E-state index contributed by atoms with van der Waals surface area (Å²) in [6, 6.07) is -0.397. The van der Waals surface area contributed by atoms with E-state index in [1.807, 2.05) is 0 Å². The number of primary amides is 1. The van der Waals surface area contributed by atoms with Gasteiger partial charge < -0.3 is 11.1 Å². The van der Waals surface area contributed by atoms with Gasteiger partial charge in [-0.05, 0) is 20.8 Å². The molecule has 3 N–H and O–H groups in total. The van der Waals surface area contributed by atoms with Crippen LogP contribution in [0, 0.1) is 17.8 Å². The van der Waals surface area contributed by atoms with Gasteiger partial charge in [0.05, 0.1) is 6.04 Å². The lowest BCUT2D eigenvalue weighted by molar-refractivity contribution is -0.139. The maximum absolute atomic E-state index is 11.4. The van der Waals surface area contributed by atoms with E-state index in [1.165, 1.54) is 13.8 Å². The lowest BCUT2D eigenvalue weighted by atomic mass is 9.91. The van der Waals surface area contributed by atoms with Crippen LogP contribution in [0.25, 0.3) is 0 Å². The van der Waals surface area contributed by atoms with Crippen LogP contribution in [-0.4, -0.2) is 17.9 Å². The molecule has 1 atom stereocenters. The Morgan fingerprint density at radius 1 is 1.54 bits per heavy atom. The molecule has 0 aromatic rings. The van der Waals surface area contributed by atoms with Gasteiger partial charge in [0.2, 0.25) is 11.8 Å². The summed E-state index contributed by atoms with van der Waals surface area (Å²) in [5.74, 6) is 1.20. The lowest BCUT2D eigenvalue weighted by Gasteiger charge is -2.20. The number of nitrogens with two attached hydrogens (primary N) is 1. The van der Waals surface area contributed by atoms with Crippen LogP contribution in [0.3, 0.4) is 0 Å². The van der Waals surface area contributed by atoms with Crippen LogP contribution in [0.2, 0.25) is 0 Å². The summed E-state index contributed by atoms with van der Waals surface area (Å²) in [5, 5.41) is 2.48. The fourth-order valence-corrected chi connectivity index (χ4v) is 0.531. The van der Waals surface area contributed by atoms with Crippen molar-refractivity contribution in [1.82, 2.24) is 5.32 Å². The number of nitrogens with one attached hydrogen (secondary N) is 1. The monoisotopic (exact) mass is 182 g/mol. The molecule has 0 aliphatic rings. The molecule has 0 rings (SSSR count). The quantitative estimate of drug-likeness (QED) is 0.462. The minimum Gasteiger partial charge on any atom is -0.369 e. The molecule has 0 bridgehead atoms. The predicted molar refractivity (Wildman–Crippen MR) is 49.4 cm³/mol. The lowest BCUT2D eigenvalue weighted by Crippen LogP contribution is -2.48. The Morgan fingerprint density at radius 2 is 2.00 bits per heavy atom. The molecule has 0 spiro atoms. The van der Waals surface area contributed by atoms with Crippen LogP contribution in [0.1, 0.15) is 20.8 Å². The van der Waals surface area contributed by atoms with E-state index in [1.54, 1.807) is 6.92 Å². The largest absolute Gasteiger partial charge is 0.369 e. The van der Waals surface area contributed by atoms with Crippen LogP contribution >= 0.6 is 0 Å². The van der Waals surface area contributed by atoms with E-state index in [0.29, 0.717) is 0 Å². The van der Waals surface area contributed by atoms with Crippen LogP contribution in [-0.2, 0) is 9.59 Å². The molecule has 1 unspecified atom stereocenters. The zero-order valence-electron chi connectivity index (χ0n) is 8.05. The second-order valence-corrected chi connectivity index (χ2v) is 3.35. The molecule has 0 aliphatic heterocycles. The van der Waals surface area contributed by atoms with Gasteiger partial charge in [0.1, 0.15) is 5.41 Å². The minimum absolute atomic E-state index is 0.397. The summed E-state index contributed by atoms with van der Waals surface area (Å²) in [4.78, 5) is 22.2. The van der Waals surface area contributed by atoms with Crippen molar-refractivity contribution < 1.29 is 9.59 Å². The fraction of sp³-hybridized carbons (Fsp3) is 0.556. The smallest absolute Gasteiger partial charge is 0.236 e. The van der Waals surface area contributed by atoms with Crippen LogP contribution in [0.4, 0.5) is 0 Å². The van der Waals surface area contributed by atoms with Gasteiger partial charge in [-0.3, -0.25) is 9.59 Å². The first-order valence-corrected chi connectivity index (χ1v) is 3.89. The van der Waals surface area contributed by atoms with Crippen molar-refractivity contribution in [2.75, 3.05) is 0 Å². The normalized spacial score (nSPS) is 12.8. The standard InChI is InChI=1S/C9H14N2O2/c1-5-6(2)11-8(13)9(3,4)7(10)12/h1,6H,2-4H3,(H2,10,12)(H,11,13). The van der Waals surface area contributed by atoms with E-state index in [0.717, 1.165) is 0 Å². The summed E-state index contributed by atoms with van der Waals surface area (Å²) in [6.07, 6.45) is 5.06. The maximum Gasteiger partial charge on any atom is 0.236 e. The Hall–Kier alpha value is -1.50. The molecule has 0 saturated carbocycles. The van der Waals surface area contributed by atoms with Gasteiger partial charge >= 0.3 is 0 Å². The predicted octanol–water partition coefficient (Wildman–Crippen LogP) is -0.364. The van der Waals surface area contributed by atoms with E-state index >= 15 is 0 Å². The zero-order valence-corrected chi connectivity index (χ0v) is 8.05. The third-order valence-electron chi connectivity index (χ3n) is 1.78. The summed E-state index contributed by atoms with van der Waals surface area (Å²) in [6.45, 7) is 4.55. The number of hydrogen-bond acceptors (Lipinski definition) is 2. The van der Waals surface area contributed by atoms with Gasteiger partial charge in [0.25, 0.3) is 0 Å². The number of terminal acetylenes is 1. The molecule has 0 aromatic carbocycles. The van der Waals surface area contributed by atoms with Crippen molar-refractivity contribution in [3.05, 3.63) is 0 Å². The van der Waals surface area contributed by atoms with Crippen LogP contribution in [0.5, 0.6) is 0 Å². The molecule has 13 heavy (non-hydrogen) atoms. The Bertz CT molecular complexity index is 263. The molecule has 4 heteroatoms. The molecule has 0 saturated heterocycles. The molecule has 2 amide bonds. The highest BCUT2D eigenvalue weighted by Gasteiger charge is 2.34. The van der Waals surface area contributed by atoms with Crippen molar-refractivity contribution in [1.29, 1.82) is 0 Å². The van der Waals surface area contributed by atoms with Gasteiger partial charge in [-0.25, -0.2) is 0 Å². The number of carbonyl (C=O) groups excluding carboxylic acids is 2.